The van der Waals surface area contributed by atoms with Crippen LogP contribution in [0.5, 0.6) is 0 Å². The van der Waals surface area contributed by atoms with Gasteiger partial charge in [-0.15, -0.1) is 0 Å². The maximum Gasteiger partial charge on any atom is 0.318 e. The molecule has 2 saturated heterocycles. The van der Waals surface area contributed by atoms with Crippen molar-refractivity contribution in [2.45, 2.75) is 57.4 Å². The molecule has 2 aromatic carbocycles. The van der Waals surface area contributed by atoms with Crippen molar-refractivity contribution in [3.8, 4) is 0 Å². The molecule has 29 heavy (non-hydrogen) atoms. The zero-order valence-electron chi connectivity index (χ0n) is 17.1. The molecule has 0 spiro atoms. The Hall–Kier alpha value is -2.53. The summed E-state index contributed by atoms with van der Waals surface area (Å²) < 4.78 is 6.31. The van der Waals surface area contributed by atoms with E-state index in [0.717, 1.165) is 50.0 Å². The summed E-state index contributed by atoms with van der Waals surface area (Å²) in [5, 5.41) is 6.48. The number of hydrogen-bond donors (Lipinski definition) is 2. The SMILES string of the molecule is CCCNc1ccc(CNC(=O)N2CCC[C@@H]3O[C@H](c4ccccc4)C[C@@H]32)cc1. The number of hydrogen-bond acceptors (Lipinski definition) is 3. The van der Waals surface area contributed by atoms with E-state index in [0.29, 0.717) is 6.54 Å². The highest BCUT2D eigenvalue weighted by atomic mass is 16.5. The van der Waals surface area contributed by atoms with Gasteiger partial charge in [0.05, 0.1) is 18.2 Å². The number of nitrogens with one attached hydrogen (secondary N) is 2. The Balaban J connectivity index is 1.33. The number of anilines is 1. The summed E-state index contributed by atoms with van der Waals surface area (Å²) in [5.74, 6) is 0. The van der Waals surface area contributed by atoms with Crippen LogP contribution in [0.1, 0.15) is 49.8 Å². The van der Waals surface area contributed by atoms with Crippen LogP contribution >= 0.6 is 0 Å². The third-order valence-electron chi connectivity index (χ3n) is 5.92. The van der Waals surface area contributed by atoms with Gasteiger partial charge in [-0.25, -0.2) is 4.79 Å². The molecule has 2 aliphatic rings. The first-order valence-electron chi connectivity index (χ1n) is 10.8. The summed E-state index contributed by atoms with van der Waals surface area (Å²) in [6, 6.07) is 18.8. The summed E-state index contributed by atoms with van der Waals surface area (Å²) in [6.45, 7) is 4.47. The number of ether oxygens (including phenoxy) is 1. The van der Waals surface area contributed by atoms with E-state index in [1.165, 1.54) is 5.56 Å². The van der Waals surface area contributed by atoms with Crippen LogP contribution < -0.4 is 10.6 Å². The zero-order chi connectivity index (χ0) is 20.1. The van der Waals surface area contributed by atoms with Crippen molar-refractivity contribution in [1.29, 1.82) is 0 Å². The topological polar surface area (TPSA) is 53.6 Å². The number of benzene rings is 2. The molecule has 2 fully saturated rings. The van der Waals surface area contributed by atoms with E-state index in [1.807, 2.05) is 23.1 Å². The van der Waals surface area contributed by atoms with Crippen LogP contribution in [-0.2, 0) is 11.3 Å². The van der Waals surface area contributed by atoms with Crippen molar-refractivity contribution < 1.29 is 9.53 Å². The zero-order valence-corrected chi connectivity index (χ0v) is 17.1. The van der Waals surface area contributed by atoms with Crippen LogP contribution in [0.15, 0.2) is 54.6 Å². The number of piperidine rings is 1. The lowest BCUT2D eigenvalue weighted by molar-refractivity contribution is 0.00551. The van der Waals surface area contributed by atoms with Gasteiger partial charge in [0.2, 0.25) is 0 Å². The molecular formula is C24H31N3O2. The highest BCUT2D eigenvalue weighted by Gasteiger charge is 2.43. The van der Waals surface area contributed by atoms with Crippen LogP contribution in [0, 0.1) is 0 Å². The third-order valence-corrected chi connectivity index (χ3v) is 5.92. The maximum atomic E-state index is 12.9. The van der Waals surface area contributed by atoms with E-state index < -0.39 is 0 Å². The van der Waals surface area contributed by atoms with Crippen LogP contribution in [0.3, 0.4) is 0 Å². The Morgan fingerprint density at radius 1 is 1.14 bits per heavy atom. The molecule has 2 N–H and O–H groups in total. The number of urea groups is 1. The fourth-order valence-corrected chi connectivity index (χ4v) is 4.37. The Bertz CT molecular complexity index is 794. The lowest BCUT2D eigenvalue weighted by Crippen LogP contribution is -2.52. The number of likely N-dealkylation sites (tertiary alicyclic amines) is 1. The van der Waals surface area contributed by atoms with Crippen molar-refractivity contribution in [3.05, 3.63) is 65.7 Å². The van der Waals surface area contributed by atoms with Crippen LogP contribution in [0.25, 0.3) is 0 Å². The molecule has 5 nitrogen and oxygen atoms in total. The van der Waals surface area contributed by atoms with Gasteiger partial charge in [0.15, 0.2) is 0 Å². The molecule has 0 bridgehead atoms. The molecule has 0 aromatic heterocycles. The average molecular weight is 394 g/mol. The molecule has 154 valence electrons. The van der Waals surface area contributed by atoms with Gasteiger partial charge in [-0.05, 0) is 42.5 Å². The fraction of sp³-hybridized carbons (Fsp3) is 0.458. The molecule has 3 atom stereocenters. The van der Waals surface area contributed by atoms with E-state index in [9.17, 15) is 4.79 Å². The molecular weight excluding hydrogens is 362 g/mol. The van der Waals surface area contributed by atoms with Crippen LogP contribution in [0.4, 0.5) is 10.5 Å². The summed E-state index contributed by atoms with van der Waals surface area (Å²) in [4.78, 5) is 14.9. The molecule has 4 rings (SSSR count). The number of carbonyl (C=O) groups is 1. The molecule has 0 aliphatic carbocycles. The van der Waals surface area contributed by atoms with Crippen molar-refractivity contribution >= 4 is 11.7 Å². The predicted molar refractivity (Wildman–Crippen MR) is 116 cm³/mol. The Morgan fingerprint density at radius 3 is 2.69 bits per heavy atom. The van der Waals surface area contributed by atoms with Crippen LogP contribution in [0.2, 0.25) is 0 Å². The second-order valence-electron chi connectivity index (χ2n) is 7.99. The van der Waals surface area contributed by atoms with E-state index in [-0.39, 0.29) is 24.3 Å². The Labute approximate surface area is 173 Å². The first kappa shape index (κ1) is 19.8. The predicted octanol–water partition coefficient (Wildman–Crippen LogP) is 4.71. The normalized spacial score (nSPS) is 23.5. The molecule has 2 aliphatic heterocycles. The third kappa shape index (κ3) is 4.73. The monoisotopic (exact) mass is 393 g/mol. The van der Waals surface area contributed by atoms with Gasteiger partial charge in [-0.2, -0.15) is 0 Å². The molecule has 0 radical (unpaired) electrons. The maximum absolute atomic E-state index is 12.9. The number of amides is 2. The lowest BCUT2D eigenvalue weighted by atomic mass is 9.96. The lowest BCUT2D eigenvalue weighted by Gasteiger charge is -2.36. The summed E-state index contributed by atoms with van der Waals surface area (Å²) in [7, 11) is 0. The quantitative estimate of drug-likeness (QED) is 0.747. The summed E-state index contributed by atoms with van der Waals surface area (Å²) >= 11 is 0. The van der Waals surface area contributed by atoms with Crippen molar-refractivity contribution in [2.24, 2.45) is 0 Å². The second-order valence-corrected chi connectivity index (χ2v) is 7.99. The fourth-order valence-electron chi connectivity index (χ4n) is 4.37. The van der Waals surface area contributed by atoms with Crippen molar-refractivity contribution in [2.75, 3.05) is 18.4 Å². The van der Waals surface area contributed by atoms with E-state index >= 15 is 0 Å². The Morgan fingerprint density at radius 2 is 1.93 bits per heavy atom. The molecule has 0 saturated carbocycles. The van der Waals surface area contributed by atoms with Crippen molar-refractivity contribution in [3.63, 3.8) is 0 Å². The van der Waals surface area contributed by atoms with Gasteiger partial charge in [0.25, 0.3) is 0 Å². The standard InChI is InChI=1S/C24H31N3O2/c1-2-14-25-20-12-10-18(11-13-20)17-26-24(28)27-15-6-9-22-21(27)16-23(29-22)19-7-4-3-5-8-19/h3-5,7-8,10-13,21-23,25H,2,6,9,14-17H2,1H3,(H,26,28)/t21-,22-,23-/m0/s1. The van der Waals surface area contributed by atoms with E-state index in [4.69, 9.17) is 4.74 Å². The molecule has 2 heterocycles. The van der Waals surface area contributed by atoms with Crippen LogP contribution in [-0.4, -0.2) is 36.2 Å². The number of carbonyl (C=O) groups excluding carboxylic acids is 1. The highest BCUT2D eigenvalue weighted by molar-refractivity contribution is 5.75. The largest absolute Gasteiger partial charge is 0.385 e. The number of rotatable bonds is 6. The molecule has 2 aromatic rings. The van der Waals surface area contributed by atoms with E-state index in [2.05, 4.69) is 54.0 Å². The molecule has 2 amide bonds. The smallest absolute Gasteiger partial charge is 0.318 e. The second kappa shape index (κ2) is 9.31. The minimum atomic E-state index is 0.0187. The van der Waals surface area contributed by atoms with Gasteiger partial charge >= 0.3 is 6.03 Å². The van der Waals surface area contributed by atoms with Gasteiger partial charge in [0.1, 0.15) is 0 Å². The van der Waals surface area contributed by atoms with Gasteiger partial charge in [-0.3, -0.25) is 0 Å². The van der Waals surface area contributed by atoms with Gasteiger partial charge in [-0.1, -0.05) is 49.4 Å². The van der Waals surface area contributed by atoms with E-state index in [1.54, 1.807) is 0 Å². The van der Waals surface area contributed by atoms with Gasteiger partial charge < -0.3 is 20.3 Å². The minimum absolute atomic E-state index is 0.0187. The first-order chi connectivity index (χ1) is 14.2. The molecule has 5 heteroatoms. The van der Waals surface area contributed by atoms with Gasteiger partial charge in [0, 0.05) is 31.7 Å². The Kier molecular flexibility index (Phi) is 6.35. The number of fused-ring (bicyclic) bond motifs is 1. The summed E-state index contributed by atoms with van der Waals surface area (Å²) in [6.07, 6.45) is 4.23. The minimum Gasteiger partial charge on any atom is -0.385 e. The van der Waals surface area contributed by atoms with Crippen molar-refractivity contribution in [1.82, 2.24) is 10.2 Å². The highest BCUT2D eigenvalue weighted by Crippen LogP contribution is 2.39. The average Bonchev–Trinajstić information content (AvgIpc) is 3.22. The molecule has 0 unspecified atom stereocenters. The summed E-state index contributed by atoms with van der Waals surface area (Å²) in [5.41, 5.74) is 3.44. The number of nitrogens with zero attached hydrogens (tertiary/aromatic N) is 1. The first-order valence-corrected chi connectivity index (χ1v) is 10.8.